The molecule has 0 aromatic heterocycles. The van der Waals surface area contributed by atoms with E-state index in [2.05, 4.69) is 6.08 Å². The van der Waals surface area contributed by atoms with Gasteiger partial charge in [0.2, 0.25) is 5.91 Å². The third-order valence-corrected chi connectivity index (χ3v) is 3.29. The van der Waals surface area contributed by atoms with Crippen LogP contribution in [-0.4, -0.2) is 28.5 Å². The third-order valence-electron chi connectivity index (χ3n) is 3.29. The molecule has 2 aliphatic rings. The van der Waals surface area contributed by atoms with Gasteiger partial charge in [0.15, 0.2) is 0 Å². The van der Waals surface area contributed by atoms with Gasteiger partial charge in [0, 0.05) is 0 Å². The lowest BCUT2D eigenvalue weighted by atomic mass is 9.87. The van der Waals surface area contributed by atoms with Gasteiger partial charge >= 0.3 is 6.09 Å². The summed E-state index contributed by atoms with van der Waals surface area (Å²) in [6.45, 7) is 5.43. The highest BCUT2D eigenvalue weighted by molar-refractivity contribution is 5.98. The number of hydrogen-bond donors (Lipinski definition) is 0. The lowest BCUT2D eigenvalue weighted by Crippen LogP contribution is -2.57. The van der Waals surface area contributed by atoms with Gasteiger partial charge in [-0.2, -0.15) is 0 Å². The second-order valence-electron chi connectivity index (χ2n) is 5.99. The average molecular weight is 251 g/mol. The van der Waals surface area contributed by atoms with E-state index < -0.39 is 11.7 Å². The van der Waals surface area contributed by atoms with Crippen molar-refractivity contribution < 1.29 is 14.3 Å². The summed E-state index contributed by atoms with van der Waals surface area (Å²) >= 11 is 0. The number of hydrogen-bond acceptors (Lipinski definition) is 3. The molecule has 1 heterocycles. The van der Waals surface area contributed by atoms with Gasteiger partial charge in [0.25, 0.3) is 0 Å². The summed E-state index contributed by atoms with van der Waals surface area (Å²) in [7, 11) is 0. The second-order valence-corrected chi connectivity index (χ2v) is 5.99. The van der Waals surface area contributed by atoms with Gasteiger partial charge in [-0.1, -0.05) is 11.6 Å². The number of carbonyl (C=O) groups is 2. The Hall–Kier alpha value is -1.32. The summed E-state index contributed by atoms with van der Waals surface area (Å²) in [6.07, 6.45) is 6.54. The summed E-state index contributed by atoms with van der Waals surface area (Å²) in [5, 5.41) is 0. The summed E-state index contributed by atoms with van der Waals surface area (Å²) in [6, 6.07) is -0.0485. The lowest BCUT2D eigenvalue weighted by Gasteiger charge is -2.41. The Morgan fingerprint density at radius 1 is 1.39 bits per heavy atom. The Morgan fingerprint density at radius 2 is 2.11 bits per heavy atom. The highest BCUT2D eigenvalue weighted by atomic mass is 16.6. The summed E-state index contributed by atoms with van der Waals surface area (Å²) in [5.41, 5.74) is 0.671. The van der Waals surface area contributed by atoms with Gasteiger partial charge in [-0.25, -0.2) is 9.69 Å². The minimum absolute atomic E-state index is 0.0485. The fourth-order valence-electron chi connectivity index (χ4n) is 2.42. The zero-order valence-corrected chi connectivity index (χ0v) is 11.4. The van der Waals surface area contributed by atoms with Gasteiger partial charge in [-0.05, 0) is 46.5 Å². The van der Waals surface area contributed by atoms with E-state index in [0.29, 0.717) is 6.42 Å². The highest BCUT2D eigenvalue weighted by Crippen LogP contribution is 2.33. The average Bonchev–Trinajstić information content (AvgIpc) is 2.24. The lowest BCUT2D eigenvalue weighted by molar-refractivity contribution is -0.142. The quantitative estimate of drug-likeness (QED) is 0.531. The number of β-lactam (4-membered cyclic amide) rings is 1. The maximum atomic E-state index is 12.0. The van der Waals surface area contributed by atoms with Gasteiger partial charge in [0.1, 0.15) is 5.60 Å². The van der Waals surface area contributed by atoms with Crippen LogP contribution < -0.4 is 0 Å². The third kappa shape index (κ3) is 2.74. The Balaban J connectivity index is 2.04. The van der Waals surface area contributed by atoms with Crippen molar-refractivity contribution in [3.63, 3.8) is 0 Å². The van der Waals surface area contributed by atoms with Crippen LogP contribution in [0.5, 0.6) is 0 Å². The van der Waals surface area contributed by atoms with Crippen molar-refractivity contribution in [2.45, 2.75) is 64.5 Å². The first-order valence-corrected chi connectivity index (χ1v) is 6.62. The number of imide groups is 1. The molecular formula is C14H21NO3. The van der Waals surface area contributed by atoms with Gasteiger partial charge in [0.05, 0.1) is 12.5 Å². The molecule has 4 heteroatoms. The molecule has 2 rings (SSSR count). The molecule has 0 spiro atoms. The monoisotopic (exact) mass is 251 g/mol. The summed E-state index contributed by atoms with van der Waals surface area (Å²) in [5.74, 6) is -0.124. The minimum atomic E-state index is -0.557. The van der Waals surface area contributed by atoms with Crippen molar-refractivity contribution in [2.24, 2.45) is 0 Å². The first-order valence-electron chi connectivity index (χ1n) is 6.62. The Labute approximate surface area is 108 Å². The molecule has 0 bridgehead atoms. The van der Waals surface area contributed by atoms with Crippen LogP contribution >= 0.6 is 0 Å². The second kappa shape index (κ2) is 4.75. The van der Waals surface area contributed by atoms with E-state index in [1.165, 1.54) is 16.9 Å². The Morgan fingerprint density at radius 3 is 2.61 bits per heavy atom. The number of allylic oxidation sites excluding steroid dienone is 1. The molecule has 1 saturated heterocycles. The zero-order chi connectivity index (χ0) is 13.3. The first kappa shape index (κ1) is 13.1. The number of rotatable bonds is 1. The molecule has 1 aliphatic carbocycles. The molecule has 18 heavy (non-hydrogen) atoms. The largest absolute Gasteiger partial charge is 0.443 e. The Bertz CT molecular complexity index is 392. The van der Waals surface area contributed by atoms with Gasteiger partial charge in [-0.3, -0.25) is 4.79 Å². The molecule has 0 aromatic carbocycles. The number of likely N-dealkylation sites (tertiary alicyclic amines) is 1. The highest BCUT2D eigenvalue weighted by Gasteiger charge is 2.44. The maximum Gasteiger partial charge on any atom is 0.417 e. The normalized spacial score (nSPS) is 24.4. The molecule has 0 unspecified atom stereocenters. The van der Waals surface area contributed by atoms with E-state index in [1.54, 1.807) is 0 Å². The maximum absolute atomic E-state index is 12.0. The van der Waals surface area contributed by atoms with Crippen LogP contribution in [0, 0.1) is 0 Å². The number of amides is 2. The molecule has 1 fully saturated rings. The SMILES string of the molecule is CC(C)(C)OC(=O)N1C(=O)C[C@@H]1C1=CCCCC1. The van der Waals surface area contributed by atoms with Crippen LogP contribution in [0.2, 0.25) is 0 Å². The van der Waals surface area contributed by atoms with E-state index in [-0.39, 0.29) is 11.9 Å². The van der Waals surface area contributed by atoms with Crippen LogP contribution in [0.4, 0.5) is 4.79 Å². The fraction of sp³-hybridized carbons (Fsp3) is 0.714. The zero-order valence-electron chi connectivity index (χ0n) is 11.4. The van der Waals surface area contributed by atoms with Crippen LogP contribution in [-0.2, 0) is 9.53 Å². The van der Waals surface area contributed by atoms with Crippen LogP contribution in [0.3, 0.4) is 0 Å². The predicted octanol–water partition coefficient (Wildman–Crippen LogP) is 3.02. The number of carbonyl (C=O) groups excluding carboxylic acids is 2. The molecule has 0 aromatic rings. The molecule has 0 N–H and O–H groups in total. The van der Waals surface area contributed by atoms with E-state index in [0.717, 1.165) is 19.3 Å². The molecule has 4 nitrogen and oxygen atoms in total. The topological polar surface area (TPSA) is 46.6 Å². The number of nitrogens with zero attached hydrogens (tertiary/aromatic N) is 1. The summed E-state index contributed by atoms with van der Waals surface area (Å²) < 4.78 is 5.27. The number of ether oxygens (including phenoxy) is 1. The fourth-order valence-corrected chi connectivity index (χ4v) is 2.42. The standard InChI is InChI=1S/C14H21NO3/c1-14(2,3)18-13(17)15-11(9-12(15)16)10-7-5-4-6-8-10/h7,11H,4-6,8-9H2,1-3H3/t11-/m1/s1. The smallest absolute Gasteiger partial charge is 0.417 e. The molecular weight excluding hydrogens is 230 g/mol. The van der Waals surface area contributed by atoms with E-state index >= 15 is 0 Å². The summed E-state index contributed by atoms with van der Waals surface area (Å²) in [4.78, 5) is 24.8. The molecule has 1 aliphatic heterocycles. The molecule has 1 atom stereocenters. The molecule has 100 valence electrons. The minimum Gasteiger partial charge on any atom is -0.443 e. The molecule has 0 saturated carbocycles. The van der Waals surface area contributed by atoms with Crippen molar-refractivity contribution in [2.75, 3.05) is 0 Å². The molecule has 0 radical (unpaired) electrons. The predicted molar refractivity (Wildman–Crippen MR) is 68.0 cm³/mol. The first-order chi connectivity index (χ1) is 8.38. The van der Waals surface area contributed by atoms with E-state index in [4.69, 9.17) is 4.74 Å². The van der Waals surface area contributed by atoms with Crippen LogP contribution in [0.15, 0.2) is 11.6 Å². The van der Waals surface area contributed by atoms with Crippen molar-refractivity contribution in [1.29, 1.82) is 0 Å². The van der Waals surface area contributed by atoms with Crippen LogP contribution in [0.1, 0.15) is 52.9 Å². The molecule has 2 amide bonds. The van der Waals surface area contributed by atoms with Crippen LogP contribution in [0.25, 0.3) is 0 Å². The van der Waals surface area contributed by atoms with E-state index in [1.807, 2.05) is 20.8 Å². The Kier molecular flexibility index (Phi) is 3.46. The van der Waals surface area contributed by atoms with Crippen molar-refractivity contribution in [3.05, 3.63) is 11.6 Å². The van der Waals surface area contributed by atoms with Crippen molar-refractivity contribution in [1.82, 2.24) is 4.90 Å². The van der Waals surface area contributed by atoms with Crippen molar-refractivity contribution in [3.8, 4) is 0 Å². The van der Waals surface area contributed by atoms with Gasteiger partial charge < -0.3 is 4.74 Å². The van der Waals surface area contributed by atoms with Gasteiger partial charge in [-0.15, -0.1) is 0 Å². The van der Waals surface area contributed by atoms with Crippen molar-refractivity contribution >= 4 is 12.0 Å². The van der Waals surface area contributed by atoms with E-state index in [9.17, 15) is 9.59 Å².